The van der Waals surface area contributed by atoms with Gasteiger partial charge < -0.3 is 0 Å². The summed E-state index contributed by atoms with van der Waals surface area (Å²) in [5, 5.41) is 36.0. The molecule has 0 fully saturated rings. The van der Waals surface area contributed by atoms with E-state index in [0.29, 0.717) is 0 Å². The van der Waals surface area contributed by atoms with Gasteiger partial charge in [-0.25, -0.2) is 0 Å². The molecule has 0 saturated carbocycles. The number of alkyl halides is 2. The Hall–Kier alpha value is 0.850. The molecule has 0 aliphatic heterocycles. The van der Waals surface area contributed by atoms with Crippen molar-refractivity contribution in [1.82, 2.24) is 0 Å². The van der Waals surface area contributed by atoms with Gasteiger partial charge >= 0.3 is 80.2 Å². The van der Waals surface area contributed by atoms with Crippen molar-refractivity contribution in [1.29, 1.82) is 0 Å². The van der Waals surface area contributed by atoms with Crippen LogP contribution in [0.15, 0.2) is 0 Å². The van der Waals surface area contributed by atoms with Crippen LogP contribution in [-0.4, -0.2) is 50.4 Å². The van der Waals surface area contributed by atoms with E-state index in [1.807, 2.05) is 0 Å². The number of aliphatic hydroxyl groups excluding tert-OH is 4. The van der Waals surface area contributed by atoms with Crippen molar-refractivity contribution in [2.75, 3.05) is 25.4 Å². The molecule has 0 heterocycles. The van der Waals surface area contributed by atoms with Gasteiger partial charge in [0, 0.05) is 0 Å². The van der Waals surface area contributed by atoms with Gasteiger partial charge in [0.2, 0.25) is 0 Å². The first-order chi connectivity index (χ1) is 5.51. The van der Waals surface area contributed by atoms with Crippen LogP contribution in [-0.2, 0) is 0 Å². The maximum atomic E-state index is 9.01. The molecule has 0 atom stereocenters. The van der Waals surface area contributed by atoms with Gasteiger partial charge in [-0.15, -0.1) is 0 Å². The second kappa shape index (κ2) is 4.38. The Balaban J connectivity index is 4.98. The van der Waals surface area contributed by atoms with Crippen molar-refractivity contribution in [2.24, 2.45) is 0 Å². The Labute approximate surface area is 80.7 Å². The molecular weight excluding hydrogens is 226 g/mol. The van der Waals surface area contributed by atoms with Crippen LogP contribution in [0.2, 0.25) is 0 Å². The summed E-state index contributed by atoms with van der Waals surface area (Å²) in [5.74, 6) is 0. The van der Waals surface area contributed by atoms with Crippen LogP contribution in [0.5, 0.6) is 0 Å². The molecule has 4 nitrogen and oxygen atoms in total. The molecule has 0 spiro atoms. The minimum absolute atomic E-state index is 0.563. The molecule has 12 heavy (non-hydrogen) atoms. The molecule has 4 N–H and O–H groups in total. The standard InChI is InChI=1S/C5H13Cl2O4P/c6-5(7)12(1-8,2-9,3-10)4-11/h5,8-11H,1-4H2. The van der Waals surface area contributed by atoms with Gasteiger partial charge in [0.05, 0.1) is 0 Å². The van der Waals surface area contributed by atoms with E-state index in [-0.39, 0.29) is 0 Å². The number of aliphatic hydroxyl groups is 4. The molecule has 76 valence electrons. The van der Waals surface area contributed by atoms with Crippen LogP contribution in [0.25, 0.3) is 0 Å². The summed E-state index contributed by atoms with van der Waals surface area (Å²) >= 11 is 11.1. The third-order valence-corrected chi connectivity index (χ3v) is 9.55. The molecule has 0 unspecified atom stereocenters. The zero-order chi connectivity index (χ0) is 9.85. The normalized spacial score (nSPS) is 16.1. The summed E-state index contributed by atoms with van der Waals surface area (Å²) in [6, 6.07) is 0. The van der Waals surface area contributed by atoms with Gasteiger partial charge in [0.1, 0.15) is 0 Å². The maximum absolute atomic E-state index is 9.01. The Morgan fingerprint density at radius 1 is 0.833 bits per heavy atom. The summed E-state index contributed by atoms with van der Waals surface area (Å²) in [6.07, 6.45) is -2.25. The van der Waals surface area contributed by atoms with Gasteiger partial charge in [-0.3, -0.25) is 0 Å². The quantitative estimate of drug-likeness (QED) is 0.405. The first-order valence-electron chi connectivity index (χ1n) is 3.22. The van der Waals surface area contributed by atoms with Crippen LogP contribution in [0, 0.1) is 0 Å². The topological polar surface area (TPSA) is 80.9 Å². The van der Waals surface area contributed by atoms with Crippen molar-refractivity contribution in [2.45, 2.75) is 4.58 Å². The molecule has 0 saturated heterocycles. The van der Waals surface area contributed by atoms with Crippen LogP contribution < -0.4 is 0 Å². The predicted molar refractivity (Wildman–Crippen MR) is 50.8 cm³/mol. The number of rotatable bonds is 5. The summed E-state index contributed by atoms with van der Waals surface area (Å²) in [6.45, 7) is -3.53. The molecular formula is C5H13Cl2O4P. The van der Waals surface area contributed by atoms with E-state index in [1.54, 1.807) is 0 Å². The Bertz CT molecular complexity index is 127. The van der Waals surface area contributed by atoms with Crippen LogP contribution >= 0.6 is 29.8 Å². The molecule has 0 aliphatic carbocycles. The molecule has 7 heteroatoms. The molecule has 0 radical (unpaired) electrons. The van der Waals surface area contributed by atoms with E-state index >= 15 is 0 Å². The predicted octanol–water partition coefficient (Wildman–Crippen LogP) is 0.100. The van der Waals surface area contributed by atoms with Gasteiger partial charge in [-0.2, -0.15) is 0 Å². The van der Waals surface area contributed by atoms with Crippen molar-refractivity contribution in [3.05, 3.63) is 0 Å². The fourth-order valence-electron chi connectivity index (χ4n) is 0.515. The van der Waals surface area contributed by atoms with E-state index in [2.05, 4.69) is 0 Å². The average molecular weight is 239 g/mol. The Morgan fingerprint density at radius 3 is 1.08 bits per heavy atom. The van der Waals surface area contributed by atoms with Gasteiger partial charge in [-0.05, 0) is 0 Å². The van der Waals surface area contributed by atoms with Crippen LogP contribution in [0.1, 0.15) is 0 Å². The summed E-state index contributed by atoms with van der Waals surface area (Å²) < 4.78 is -1.12. The van der Waals surface area contributed by atoms with Crippen molar-refractivity contribution >= 4 is 29.8 Å². The van der Waals surface area contributed by atoms with Gasteiger partial charge in [0.25, 0.3) is 0 Å². The van der Waals surface area contributed by atoms with Crippen molar-refractivity contribution < 1.29 is 20.4 Å². The van der Waals surface area contributed by atoms with E-state index in [0.717, 1.165) is 0 Å². The second-order valence-corrected chi connectivity index (χ2v) is 10.4. The molecule has 0 aliphatic rings. The van der Waals surface area contributed by atoms with E-state index in [1.165, 1.54) is 0 Å². The molecule has 0 bridgehead atoms. The molecule has 0 aromatic heterocycles. The SMILES string of the molecule is OCP(CO)(CO)(CO)C(Cl)Cl. The zero-order valence-corrected chi connectivity index (χ0v) is 8.80. The number of hydrogen-bond donors (Lipinski definition) is 4. The summed E-state index contributed by atoms with van der Waals surface area (Å²) in [7, 11) is 0. The molecule has 0 aromatic carbocycles. The van der Waals surface area contributed by atoms with Crippen molar-refractivity contribution in [3.8, 4) is 0 Å². The van der Waals surface area contributed by atoms with Crippen LogP contribution in [0.3, 0.4) is 0 Å². The van der Waals surface area contributed by atoms with E-state index in [9.17, 15) is 0 Å². The van der Waals surface area contributed by atoms with E-state index in [4.69, 9.17) is 43.6 Å². The fraction of sp³-hybridized carbons (Fsp3) is 1.00. The summed E-state index contributed by atoms with van der Waals surface area (Å²) in [4.78, 5) is 0. The first-order valence-corrected chi connectivity index (χ1v) is 7.14. The van der Waals surface area contributed by atoms with Gasteiger partial charge in [-0.1, -0.05) is 0 Å². The van der Waals surface area contributed by atoms with Crippen molar-refractivity contribution in [3.63, 3.8) is 0 Å². The number of hydrogen-bond acceptors (Lipinski definition) is 4. The first kappa shape index (κ1) is 12.8. The monoisotopic (exact) mass is 238 g/mol. The summed E-state index contributed by atoms with van der Waals surface area (Å²) in [5.41, 5.74) is 0. The third-order valence-electron chi connectivity index (χ3n) is 2.08. The Kier molecular flexibility index (Phi) is 4.69. The van der Waals surface area contributed by atoms with Gasteiger partial charge in [0.15, 0.2) is 0 Å². The molecule has 0 rings (SSSR count). The fourth-order valence-corrected chi connectivity index (χ4v) is 3.03. The number of halogens is 2. The Morgan fingerprint density at radius 2 is 1.08 bits per heavy atom. The van der Waals surface area contributed by atoms with Crippen LogP contribution in [0.4, 0.5) is 0 Å². The minimum atomic E-state index is -3.53. The van der Waals surface area contributed by atoms with E-state index < -0.39 is 36.6 Å². The average Bonchev–Trinajstić information content (AvgIpc) is 2.10. The zero-order valence-electron chi connectivity index (χ0n) is 6.40. The second-order valence-electron chi connectivity index (χ2n) is 2.92. The molecule has 0 amide bonds. The third kappa shape index (κ3) is 1.70. The molecule has 0 aromatic rings.